The van der Waals surface area contributed by atoms with Crippen LogP contribution in [0.3, 0.4) is 0 Å². The number of carboxylic acids is 1. The molecule has 1 saturated carbocycles. The van der Waals surface area contributed by atoms with Crippen LogP contribution >= 0.6 is 0 Å². The number of amides is 1. The maximum Gasteiger partial charge on any atom is 0.306 e. The Bertz CT molecular complexity index is 313. The molecule has 2 fully saturated rings. The van der Waals surface area contributed by atoms with Gasteiger partial charge in [-0.3, -0.25) is 9.59 Å². The van der Waals surface area contributed by atoms with Crippen molar-refractivity contribution < 1.29 is 14.7 Å². The van der Waals surface area contributed by atoms with E-state index in [4.69, 9.17) is 5.11 Å². The van der Waals surface area contributed by atoms with E-state index in [-0.39, 0.29) is 23.8 Å². The van der Waals surface area contributed by atoms with Crippen LogP contribution in [0.15, 0.2) is 0 Å². The van der Waals surface area contributed by atoms with E-state index in [1.165, 1.54) is 0 Å². The summed E-state index contributed by atoms with van der Waals surface area (Å²) in [6.45, 7) is 1.41. The summed E-state index contributed by atoms with van der Waals surface area (Å²) in [6.07, 6.45) is 5.66. The van der Waals surface area contributed by atoms with Gasteiger partial charge in [-0.25, -0.2) is 0 Å². The van der Waals surface area contributed by atoms with Gasteiger partial charge in [-0.15, -0.1) is 0 Å². The van der Waals surface area contributed by atoms with Gasteiger partial charge in [-0.2, -0.15) is 0 Å². The topological polar surface area (TPSA) is 78.4 Å². The second kappa shape index (κ2) is 6.18. The van der Waals surface area contributed by atoms with Crippen LogP contribution in [0.2, 0.25) is 0 Å². The molecule has 5 nitrogen and oxygen atoms in total. The number of aliphatic carboxylic acids is 1. The van der Waals surface area contributed by atoms with Gasteiger partial charge in [0.25, 0.3) is 0 Å². The molecule has 2 unspecified atom stereocenters. The summed E-state index contributed by atoms with van der Waals surface area (Å²) in [4.78, 5) is 23.0. The molecule has 1 heterocycles. The van der Waals surface area contributed by atoms with Crippen molar-refractivity contribution in [2.75, 3.05) is 13.1 Å². The van der Waals surface area contributed by atoms with Crippen molar-refractivity contribution >= 4 is 11.9 Å². The highest BCUT2D eigenvalue weighted by molar-refractivity contribution is 5.82. The zero-order chi connectivity index (χ0) is 13.0. The Hall–Kier alpha value is -1.10. The van der Waals surface area contributed by atoms with E-state index in [1.54, 1.807) is 0 Å². The van der Waals surface area contributed by atoms with Crippen LogP contribution in [0.4, 0.5) is 0 Å². The SMILES string of the molecule is O=C(O)C1CCCCC1CNC(=O)[C@@H]1CCCN1. The number of nitrogens with one attached hydrogen (secondary N) is 2. The van der Waals surface area contributed by atoms with Gasteiger partial charge in [0.1, 0.15) is 0 Å². The van der Waals surface area contributed by atoms with Crippen LogP contribution in [0.1, 0.15) is 38.5 Å². The molecule has 3 atom stereocenters. The Morgan fingerprint density at radius 3 is 2.61 bits per heavy atom. The minimum atomic E-state index is -0.715. The average molecular weight is 254 g/mol. The highest BCUT2D eigenvalue weighted by Crippen LogP contribution is 2.29. The predicted octanol–water partition coefficient (Wildman–Crippen LogP) is 0.746. The van der Waals surface area contributed by atoms with Gasteiger partial charge in [0.15, 0.2) is 0 Å². The maximum absolute atomic E-state index is 11.8. The van der Waals surface area contributed by atoms with Crippen molar-refractivity contribution in [2.45, 2.75) is 44.6 Å². The van der Waals surface area contributed by atoms with E-state index in [9.17, 15) is 9.59 Å². The molecule has 3 N–H and O–H groups in total. The lowest BCUT2D eigenvalue weighted by Crippen LogP contribution is -2.44. The lowest BCUT2D eigenvalue weighted by Gasteiger charge is -2.29. The smallest absolute Gasteiger partial charge is 0.306 e. The molecule has 0 radical (unpaired) electrons. The van der Waals surface area contributed by atoms with Crippen molar-refractivity contribution in [2.24, 2.45) is 11.8 Å². The zero-order valence-corrected chi connectivity index (χ0v) is 10.7. The van der Waals surface area contributed by atoms with Gasteiger partial charge in [0.05, 0.1) is 12.0 Å². The van der Waals surface area contributed by atoms with Crippen LogP contribution in [-0.2, 0) is 9.59 Å². The molecule has 1 aliphatic heterocycles. The fraction of sp³-hybridized carbons (Fsp3) is 0.846. The summed E-state index contributed by atoms with van der Waals surface area (Å²) in [7, 11) is 0. The number of rotatable bonds is 4. The van der Waals surface area contributed by atoms with E-state index >= 15 is 0 Å². The van der Waals surface area contributed by atoms with Crippen molar-refractivity contribution in [1.82, 2.24) is 10.6 Å². The molecule has 0 aromatic carbocycles. The average Bonchev–Trinajstić information content (AvgIpc) is 2.90. The number of carbonyl (C=O) groups excluding carboxylic acids is 1. The lowest BCUT2D eigenvalue weighted by molar-refractivity contribution is -0.145. The van der Waals surface area contributed by atoms with E-state index in [2.05, 4.69) is 10.6 Å². The van der Waals surface area contributed by atoms with Gasteiger partial charge in [-0.1, -0.05) is 12.8 Å². The Morgan fingerprint density at radius 2 is 1.94 bits per heavy atom. The van der Waals surface area contributed by atoms with Crippen LogP contribution in [0.5, 0.6) is 0 Å². The standard InChI is InChI=1S/C13H22N2O3/c16-12(11-6-3-7-14-11)15-8-9-4-1-2-5-10(9)13(17)18/h9-11,14H,1-8H2,(H,15,16)(H,17,18)/t9?,10?,11-/m0/s1. The second-order valence-corrected chi connectivity index (χ2v) is 5.38. The Balaban J connectivity index is 1.80. The zero-order valence-electron chi connectivity index (χ0n) is 10.7. The quantitative estimate of drug-likeness (QED) is 0.691. The van der Waals surface area contributed by atoms with E-state index < -0.39 is 5.97 Å². The normalized spacial score (nSPS) is 32.1. The molecule has 2 rings (SSSR count). The fourth-order valence-electron chi connectivity index (χ4n) is 3.04. The summed E-state index contributed by atoms with van der Waals surface area (Å²) in [5, 5.41) is 15.2. The molecule has 2 aliphatic rings. The number of hydrogen-bond acceptors (Lipinski definition) is 3. The molecule has 0 aromatic heterocycles. The molecule has 5 heteroatoms. The summed E-state index contributed by atoms with van der Waals surface area (Å²) < 4.78 is 0. The highest BCUT2D eigenvalue weighted by atomic mass is 16.4. The number of carboxylic acid groups (broad SMARTS) is 1. The van der Waals surface area contributed by atoms with Crippen molar-refractivity contribution in [1.29, 1.82) is 0 Å². The molecule has 0 aromatic rings. The third-order valence-electron chi connectivity index (χ3n) is 4.14. The van der Waals surface area contributed by atoms with E-state index in [0.29, 0.717) is 6.54 Å². The van der Waals surface area contributed by atoms with Gasteiger partial charge in [0, 0.05) is 6.54 Å². The second-order valence-electron chi connectivity index (χ2n) is 5.38. The maximum atomic E-state index is 11.8. The minimum absolute atomic E-state index is 0.0298. The van der Waals surface area contributed by atoms with Crippen molar-refractivity contribution in [3.8, 4) is 0 Å². The summed E-state index contributed by atoms with van der Waals surface area (Å²) in [6, 6.07) is -0.0723. The molecule has 18 heavy (non-hydrogen) atoms. The largest absolute Gasteiger partial charge is 0.481 e. The Labute approximate surface area is 107 Å². The van der Waals surface area contributed by atoms with Crippen molar-refractivity contribution in [3.05, 3.63) is 0 Å². The summed E-state index contributed by atoms with van der Waals surface area (Å²) in [5.41, 5.74) is 0. The Morgan fingerprint density at radius 1 is 1.17 bits per heavy atom. The first-order chi connectivity index (χ1) is 8.68. The minimum Gasteiger partial charge on any atom is -0.481 e. The molecule has 1 saturated heterocycles. The van der Waals surface area contributed by atoms with Crippen molar-refractivity contribution in [3.63, 3.8) is 0 Å². The predicted molar refractivity (Wildman–Crippen MR) is 67.1 cm³/mol. The highest BCUT2D eigenvalue weighted by Gasteiger charge is 2.31. The van der Waals surface area contributed by atoms with Gasteiger partial charge in [0.2, 0.25) is 5.91 Å². The Kier molecular flexibility index (Phi) is 4.58. The fourth-order valence-corrected chi connectivity index (χ4v) is 3.04. The summed E-state index contributed by atoms with van der Waals surface area (Å²) in [5.74, 6) is -0.868. The van der Waals surface area contributed by atoms with Gasteiger partial charge < -0.3 is 15.7 Å². The molecule has 1 amide bonds. The summed E-state index contributed by atoms with van der Waals surface area (Å²) >= 11 is 0. The third-order valence-corrected chi connectivity index (χ3v) is 4.14. The number of carbonyl (C=O) groups is 2. The third kappa shape index (κ3) is 3.22. The van der Waals surface area contributed by atoms with E-state index in [0.717, 1.165) is 45.1 Å². The van der Waals surface area contributed by atoms with Crippen LogP contribution < -0.4 is 10.6 Å². The molecular formula is C13H22N2O3. The van der Waals surface area contributed by atoms with Crippen LogP contribution in [0.25, 0.3) is 0 Å². The van der Waals surface area contributed by atoms with Crippen LogP contribution in [-0.4, -0.2) is 36.1 Å². The first kappa shape index (κ1) is 13.3. The molecule has 0 bridgehead atoms. The first-order valence-corrected chi connectivity index (χ1v) is 6.92. The van der Waals surface area contributed by atoms with Gasteiger partial charge in [-0.05, 0) is 38.1 Å². The van der Waals surface area contributed by atoms with Gasteiger partial charge >= 0.3 is 5.97 Å². The van der Waals surface area contributed by atoms with E-state index in [1.807, 2.05) is 0 Å². The lowest BCUT2D eigenvalue weighted by atomic mass is 9.79. The van der Waals surface area contributed by atoms with Crippen LogP contribution in [0, 0.1) is 11.8 Å². The molecule has 102 valence electrons. The molecular weight excluding hydrogens is 232 g/mol. The molecule has 1 aliphatic carbocycles. The first-order valence-electron chi connectivity index (χ1n) is 6.92. The number of hydrogen-bond donors (Lipinski definition) is 3. The molecule has 0 spiro atoms. The monoisotopic (exact) mass is 254 g/mol.